The second kappa shape index (κ2) is 23.0. The first-order chi connectivity index (χ1) is 19.3. The Kier molecular flexibility index (Phi) is 24.1. The molecule has 42 heavy (non-hydrogen) atoms. The van der Waals surface area contributed by atoms with Crippen LogP contribution in [0.2, 0.25) is 0 Å². The highest BCUT2D eigenvalue weighted by Crippen LogP contribution is 2.22. The Hall–Kier alpha value is -2.50. The second-order valence-corrected chi connectivity index (χ2v) is 11.6. The largest absolute Gasteiger partial charge is 0.469 e. The van der Waals surface area contributed by atoms with Gasteiger partial charge in [-0.1, -0.05) is 27.4 Å². The molecule has 0 amide bonds. The van der Waals surface area contributed by atoms with Gasteiger partial charge in [0.05, 0.1) is 43.2 Å². The van der Waals surface area contributed by atoms with Crippen LogP contribution in [-0.2, 0) is 47.6 Å². The summed E-state index contributed by atoms with van der Waals surface area (Å²) in [6.45, 7) is 23.2. The number of aliphatic hydroxyl groups excluding tert-OH is 1. The molecule has 248 valence electrons. The van der Waals surface area contributed by atoms with Crippen molar-refractivity contribution in [1.29, 1.82) is 0 Å². The van der Waals surface area contributed by atoms with Gasteiger partial charge in [0.15, 0.2) is 0 Å². The van der Waals surface area contributed by atoms with Crippen LogP contribution >= 0.6 is 0 Å². The van der Waals surface area contributed by atoms with E-state index in [1.807, 2.05) is 48.5 Å². The average molecular weight is 607 g/mol. The van der Waals surface area contributed by atoms with Gasteiger partial charge in [0, 0.05) is 12.7 Å². The summed E-state index contributed by atoms with van der Waals surface area (Å²) in [4.78, 5) is 45.0. The molecule has 0 aromatic heterocycles. The molecule has 11 heteroatoms. The zero-order chi connectivity index (χ0) is 33.6. The van der Waals surface area contributed by atoms with Gasteiger partial charge in [-0.25, -0.2) is 4.79 Å². The minimum atomic E-state index is -1.02. The lowest BCUT2D eigenvalue weighted by Gasteiger charge is -2.21. The molecule has 0 aliphatic carbocycles. The van der Waals surface area contributed by atoms with Crippen molar-refractivity contribution < 1.29 is 52.7 Å². The van der Waals surface area contributed by atoms with E-state index in [9.17, 15) is 24.3 Å². The molecule has 0 aromatic carbocycles. The molecule has 0 fully saturated rings. The molecule has 0 saturated carbocycles. The Labute approximate surface area is 253 Å². The Balaban J connectivity index is -0.000000573. The van der Waals surface area contributed by atoms with Crippen LogP contribution in [0.3, 0.4) is 0 Å². The number of aliphatic hydroxyl groups is 1. The number of esters is 4. The topological polar surface area (TPSA) is 144 Å². The molecule has 1 atom stereocenters. The molecule has 0 radical (unpaired) electrons. The molecule has 1 unspecified atom stereocenters. The maximum atomic E-state index is 11.6. The number of carbonyl (C=O) groups excluding carboxylic acids is 4. The number of rotatable bonds is 17. The first kappa shape index (κ1) is 43.9. The van der Waals surface area contributed by atoms with Crippen LogP contribution < -0.4 is 0 Å². The average Bonchev–Trinajstić information content (AvgIpc) is 2.95. The molecule has 1 N–H and O–H groups in total. The van der Waals surface area contributed by atoms with Gasteiger partial charge in [-0.2, -0.15) is 0 Å². The van der Waals surface area contributed by atoms with Crippen molar-refractivity contribution in [2.75, 3.05) is 53.9 Å². The fraction of sp³-hybridized carbons (Fsp3) is 0.806. The highest BCUT2D eigenvalue weighted by Gasteiger charge is 2.28. The third-order valence-electron chi connectivity index (χ3n) is 6.55. The molecule has 0 aromatic rings. The molecule has 0 rings (SSSR count). The standard InChI is InChI=1S/C13H22O5.C11H22O4.C7H14O2/c1-6-13(4,5)12(16)18-8-10(14)7-17-11(15)9(2)3;1-5-11(2,3)10(12)15-9-8-14-7-6-13-4;1-5-7(2,3)6(8)9-4/h10,14H,2,6-8H2,1,3-5H3;5-9H2,1-4H3;5H2,1-4H3. The highest BCUT2D eigenvalue weighted by atomic mass is 16.6. The van der Waals surface area contributed by atoms with Gasteiger partial charge in [0.1, 0.15) is 25.9 Å². The van der Waals surface area contributed by atoms with Gasteiger partial charge in [-0.3, -0.25) is 14.4 Å². The molecule has 11 nitrogen and oxygen atoms in total. The summed E-state index contributed by atoms with van der Waals surface area (Å²) >= 11 is 0. The number of hydrogen-bond donors (Lipinski definition) is 1. The van der Waals surface area contributed by atoms with Crippen LogP contribution in [0.4, 0.5) is 0 Å². The van der Waals surface area contributed by atoms with E-state index in [0.29, 0.717) is 32.8 Å². The lowest BCUT2D eigenvalue weighted by molar-refractivity contribution is -0.159. The van der Waals surface area contributed by atoms with Gasteiger partial charge in [-0.15, -0.1) is 0 Å². The zero-order valence-electron chi connectivity index (χ0n) is 28.2. The van der Waals surface area contributed by atoms with Crippen LogP contribution in [0.1, 0.15) is 88.5 Å². The minimum Gasteiger partial charge on any atom is -0.469 e. The summed E-state index contributed by atoms with van der Waals surface area (Å²) in [6, 6.07) is 0. The van der Waals surface area contributed by atoms with E-state index in [1.54, 1.807) is 21.0 Å². The first-order valence-electron chi connectivity index (χ1n) is 14.3. The van der Waals surface area contributed by atoms with Gasteiger partial charge in [-0.05, 0) is 67.7 Å². The van der Waals surface area contributed by atoms with Crippen LogP contribution in [0.15, 0.2) is 12.2 Å². The summed E-state index contributed by atoms with van der Waals surface area (Å²) in [5.74, 6) is -1.25. The maximum absolute atomic E-state index is 11.6. The smallest absolute Gasteiger partial charge is 0.333 e. The summed E-state index contributed by atoms with van der Waals surface area (Å²) in [5.41, 5.74) is -1.03. The van der Waals surface area contributed by atoms with Crippen molar-refractivity contribution in [2.45, 2.75) is 94.6 Å². The van der Waals surface area contributed by atoms with Crippen LogP contribution in [0.5, 0.6) is 0 Å². The number of carbonyl (C=O) groups is 4. The zero-order valence-corrected chi connectivity index (χ0v) is 28.2. The maximum Gasteiger partial charge on any atom is 0.333 e. The Bertz CT molecular complexity index is 801. The predicted molar refractivity (Wildman–Crippen MR) is 161 cm³/mol. The monoisotopic (exact) mass is 606 g/mol. The van der Waals surface area contributed by atoms with Gasteiger partial charge < -0.3 is 33.5 Å². The Morgan fingerprint density at radius 2 is 1.07 bits per heavy atom. The highest BCUT2D eigenvalue weighted by molar-refractivity contribution is 5.86. The number of methoxy groups -OCH3 is 2. The molecule has 0 bridgehead atoms. The van der Waals surface area contributed by atoms with Crippen molar-refractivity contribution >= 4 is 23.9 Å². The number of ether oxygens (including phenoxy) is 6. The number of hydrogen-bond acceptors (Lipinski definition) is 11. The third-order valence-corrected chi connectivity index (χ3v) is 6.55. The summed E-state index contributed by atoms with van der Waals surface area (Å²) in [7, 11) is 3.03. The second-order valence-electron chi connectivity index (χ2n) is 11.6. The van der Waals surface area contributed by atoms with E-state index >= 15 is 0 Å². The fourth-order valence-corrected chi connectivity index (χ4v) is 2.05. The van der Waals surface area contributed by atoms with Crippen molar-refractivity contribution in [2.24, 2.45) is 16.2 Å². The molecule has 0 saturated heterocycles. The van der Waals surface area contributed by atoms with Crippen LogP contribution in [-0.4, -0.2) is 88.9 Å². The Morgan fingerprint density at radius 3 is 1.45 bits per heavy atom. The van der Waals surface area contributed by atoms with Crippen LogP contribution in [0, 0.1) is 16.2 Å². The quantitative estimate of drug-likeness (QED) is 0.107. The van der Waals surface area contributed by atoms with Crippen molar-refractivity contribution in [3.63, 3.8) is 0 Å². The lowest BCUT2D eigenvalue weighted by Crippen LogP contribution is -2.31. The fourth-order valence-electron chi connectivity index (χ4n) is 2.05. The molecule has 0 aliphatic rings. The van der Waals surface area contributed by atoms with Crippen molar-refractivity contribution in [3.8, 4) is 0 Å². The molecular weight excluding hydrogens is 548 g/mol. The van der Waals surface area contributed by atoms with Crippen LogP contribution in [0.25, 0.3) is 0 Å². The van der Waals surface area contributed by atoms with Gasteiger partial charge >= 0.3 is 23.9 Å². The summed E-state index contributed by atoms with van der Waals surface area (Å²) in [5, 5.41) is 9.48. The van der Waals surface area contributed by atoms with E-state index in [2.05, 4.69) is 11.3 Å². The van der Waals surface area contributed by atoms with Crippen molar-refractivity contribution in [3.05, 3.63) is 12.2 Å². The van der Waals surface area contributed by atoms with E-state index in [0.717, 1.165) is 12.8 Å². The first-order valence-corrected chi connectivity index (χ1v) is 14.3. The predicted octanol–water partition coefficient (Wildman–Crippen LogP) is 4.67. The van der Waals surface area contributed by atoms with Crippen molar-refractivity contribution in [1.82, 2.24) is 0 Å². The summed E-state index contributed by atoms with van der Waals surface area (Å²) < 4.78 is 29.3. The normalized spacial score (nSPS) is 11.9. The Morgan fingerprint density at radius 1 is 0.667 bits per heavy atom. The van der Waals surface area contributed by atoms with E-state index in [1.165, 1.54) is 14.0 Å². The lowest BCUT2D eigenvalue weighted by atomic mass is 9.91. The van der Waals surface area contributed by atoms with E-state index in [4.69, 9.17) is 23.7 Å². The van der Waals surface area contributed by atoms with E-state index in [-0.39, 0.29) is 42.1 Å². The SMILES string of the molecule is C=C(C)C(=O)OCC(O)COC(=O)C(C)(C)CC.CCC(C)(C)C(=O)OC.CCC(C)(C)C(=O)OCCOCCOC. The van der Waals surface area contributed by atoms with Gasteiger partial charge in [0.2, 0.25) is 0 Å². The van der Waals surface area contributed by atoms with E-state index < -0.39 is 22.9 Å². The van der Waals surface area contributed by atoms with Gasteiger partial charge in [0.25, 0.3) is 0 Å². The molecular formula is C31H58O11. The summed E-state index contributed by atoms with van der Waals surface area (Å²) in [6.07, 6.45) is 1.22. The molecule has 0 aliphatic heterocycles. The third kappa shape index (κ3) is 21.2. The molecule has 0 spiro atoms. The molecule has 0 heterocycles. The minimum absolute atomic E-state index is 0.134.